The van der Waals surface area contributed by atoms with Gasteiger partial charge in [0, 0.05) is 12.1 Å². The lowest BCUT2D eigenvalue weighted by atomic mass is 10.2. The van der Waals surface area contributed by atoms with Crippen molar-refractivity contribution in [2.75, 3.05) is 0 Å². The van der Waals surface area contributed by atoms with Gasteiger partial charge in [-0.15, -0.1) is 13.2 Å². The van der Waals surface area contributed by atoms with Gasteiger partial charge in [0.05, 0.1) is 11.8 Å². The van der Waals surface area contributed by atoms with E-state index < -0.39 is 29.3 Å². The zero-order chi connectivity index (χ0) is 14.6. The van der Waals surface area contributed by atoms with Crippen molar-refractivity contribution in [1.82, 2.24) is 5.43 Å². The summed E-state index contributed by atoms with van der Waals surface area (Å²) in [4.78, 5) is 0. The lowest BCUT2D eigenvalue weighted by Gasteiger charge is -2.09. The van der Waals surface area contributed by atoms with Gasteiger partial charge in [0.25, 0.3) is 0 Å². The number of hydrogen-bond donors (Lipinski definition) is 2. The first kappa shape index (κ1) is 15.1. The Bertz CT molecular complexity index is 494. The highest BCUT2D eigenvalue weighted by molar-refractivity contribution is 7.80. The molecule has 0 bridgehead atoms. The van der Waals surface area contributed by atoms with Crippen molar-refractivity contribution in [2.24, 2.45) is 10.8 Å². The number of alkyl halides is 3. The molecule has 10 heteroatoms. The molecule has 0 aliphatic carbocycles. The summed E-state index contributed by atoms with van der Waals surface area (Å²) in [5.74, 6) is -3.58. The number of nitrogens with two attached hydrogens (primary N) is 1. The van der Waals surface area contributed by atoms with Crippen LogP contribution in [0.25, 0.3) is 0 Å². The normalized spacial score (nSPS) is 11.6. The first-order chi connectivity index (χ1) is 8.69. The fourth-order valence-electron chi connectivity index (χ4n) is 1.04. The third-order valence-corrected chi connectivity index (χ3v) is 1.75. The number of rotatable bonds is 3. The number of nitrogens with zero attached hydrogens (tertiary/aromatic N) is 1. The van der Waals surface area contributed by atoms with Crippen LogP contribution in [0.1, 0.15) is 5.56 Å². The van der Waals surface area contributed by atoms with E-state index in [1.807, 2.05) is 5.43 Å². The standard InChI is InChI=1S/C9H6F5N3OS/c10-6-1-4(18-9(12,13)14)2-7(11)5(6)3-16-17-8(15)19/h1-3H,(H3,15,17,19). The second-order valence-electron chi connectivity index (χ2n) is 3.08. The summed E-state index contributed by atoms with van der Waals surface area (Å²) in [6.45, 7) is 0. The van der Waals surface area contributed by atoms with Crippen LogP contribution >= 0.6 is 12.2 Å². The predicted molar refractivity (Wildman–Crippen MR) is 60.6 cm³/mol. The fourth-order valence-corrected chi connectivity index (χ4v) is 1.09. The van der Waals surface area contributed by atoms with Crippen molar-refractivity contribution in [2.45, 2.75) is 6.36 Å². The van der Waals surface area contributed by atoms with Gasteiger partial charge in [-0.25, -0.2) is 8.78 Å². The van der Waals surface area contributed by atoms with Crippen molar-refractivity contribution >= 4 is 23.5 Å². The van der Waals surface area contributed by atoms with Gasteiger partial charge in [0.1, 0.15) is 17.4 Å². The number of hydrogen-bond acceptors (Lipinski definition) is 3. The summed E-state index contributed by atoms with van der Waals surface area (Å²) in [5.41, 5.74) is 6.37. The van der Waals surface area contributed by atoms with Gasteiger partial charge in [-0.05, 0) is 12.2 Å². The van der Waals surface area contributed by atoms with Gasteiger partial charge in [-0.3, -0.25) is 5.43 Å². The van der Waals surface area contributed by atoms with Crippen molar-refractivity contribution in [3.05, 3.63) is 29.3 Å². The molecule has 1 aromatic rings. The Hall–Kier alpha value is -1.97. The lowest BCUT2D eigenvalue weighted by molar-refractivity contribution is -0.274. The van der Waals surface area contributed by atoms with Gasteiger partial charge in [0.2, 0.25) is 0 Å². The van der Waals surface area contributed by atoms with E-state index in [0.29, 0.717) is 18.3 Å². The lowest BCUT2D eigenvalue weighted by Crippen LogP contribution is -2.24. The van der Waals surface area contributed by atoms with Crippen LogP contribution in [-0.4, -0.2) is 17.7 Å². The highest BCUT2D eigenvalue weighted by atomic mass is 32.1. The number of halogens is 5. The molecule has 0 heterocycles. The summed E-state index contributed by atoms with van der Waals surface area (Å²) in [6.07, 6.45) is -4.36. The molecule has 0 amide bonds. The third kappa shape index (κ3) is 5.04. The second-order valence-corrected chi connectivity index (χ2v) is 3.52. The Labute approximate surface area is 109 Å². The molecule has 0 spiro atoms. The monoisotopic (exact) mass is 299 g/mol. The van der Waals surface area contributed by atoms with E-state index >= 15 is 0 Å². The molecular weight excluding hydrogens is 293 g/mol. The Kier molecular flexibility index (Phi) is 4.59. The molecule has 0 saturated heterocycles. The minimum absolute atomic E-state index is 0.242. The molecule has 0 radical (unpaired) electrons. The maximum absolute atomic E-state index is 13.3. The van der Waals surface area contributed by atoms with Gasteiger partial charge in [0.15, 0.2) is 5.11 Å². The van der Waals surface area contributed by atoms with E-state index in [0.717, 1.165) is 0 Å². The number of ether oxygens (including phenoxy) is 1. The van der Waals surface area contributed by atoms with Gasteiger partial charge >= 0.3 is 6.36 Å². The summed E-state index contributed by atoms with van der Waals surface area (Å²) in [5, 5.41) is 3.04. The van der Waals surface area contributed by atoms with E-state index in [4.69, 9.17) is 5.73 Å². The molecule has 0 fully saturated rings. The molecule has 0 saturated carbocycles. The average Bonchev–Trinajstić information content (AvgIpc) is 2.19. The first-order valence-electron chi connectivity index (χ1n) is 4.52. The minimum Gasteiger partial charge on any atom is -0.406 e. The topological polar surface area (TPSA) is 59.6 Å². The van der Waals surface area contributed by atoms with Crippen LogP contribution in [0.2, 0.25) is 0 Å². The summed E-state index contributed by atoms with van der Waals surface area (Å²) in [6, 6.07) is 0.747. The van der Waals surface area contributed by atoms with Gasteiger partial charge in [-0.1, -0.05) is 0 Å². The SMILES string of the molecule is NC(=S)NN=Cc1c(F)cc(OC(F)(F)F)cc1F. The maximum Gasteiger partial charge on any atom is 0.573 e. The van der Waals surface area contributed by atoms with E-state index in [-0.39, 0.29) is 5.11 Å². The van der Waals surface area contributed by atoms with Crippen molar-refractivity contribution in [3.8, 4) is 5.75 Å². The highest BCUT2D eigenvalue weighted by Crippen LogP contribution is 2.25. The van der Waals surface area contributed by atoms with E-state index in [1.165, 1.54) is 0 Å². The Morgan fingerprint density at radius 2 is 1.84 bits per heavy atom. The average molecular weight is 299 g/mol. The summed E-state index contributed by atoms with van der Waals surface area (Å²) in [7, 11) is 0. The van der Waals surface area contributed by atoms with E-state index in [9.17, 15) is 22.0 Å². The number of thiocarbonyl (C=S) groups is 1. The van der Waals surface area contributed by atoms with Crippen LogP contribution in [0.4, 0.5) is 22.0 Å². The Morgan fingerprint density at radius 1 is 1.32 bits per heavy atom. The molecule has 0 aromatic heterocycles. The van der Waals surface area contributed by atoms with Gasteiger partial charge in [-0.2, -0.15) is 5.10 Å². The largest absolute Gasteiger partial charge is 0.573 e. The smallest absolute Gasteiger partial charge is 0.406 e. The summed E-state index contributed by atoms with van der Waals surface area (Å²) >= 11 is 4.38. The number of nitrogens with one attached hydrogen (secondary N) is 1. The van der Waals surface area contributed by atoms with Gasteiger partial charge < -0.3 is 10.5 Å². The zero-order valence-electron chi connectivity index (χ0n) is 8.96. The van der Waals surface area contributed by atoms with Crippen molar-refractivity contribution in [1.29, 1.82) is 0 Å². The van der Waals surface area contributed by atoms with Crippen LogP contribution in [0.5, 0.6) is 5.75 Å². The molecule has 104 valence electrons. The quantitative estimate of drug-likeness (QED) is 0.388. The first-order valence-corrected chi connectivity index (χ1v) is 4.93. The van der Waals surface area contributed by atoms with Crippen LogP contribution in [0, 0.1) is 11.6 Å². The van der Waals surface area contributed by atoms with Crippen LogP contribution in [0.3, 0.4) is 0 Å². The molecule has 0 aliphatic heterocycles. The molecule has 1 rings (SSSR count). The van der Waals surface area contributed by atoms with Crippen LogP contribution in [-0.2, 0) is 0 Å². The zero-order valence-corrected chi connectivity index (χ0v) is 9.78. The molecule has 19 heavy (non-hydrogen) atoms. The summed E-state index contributed by atoms with van der Waals surface area (Å²) < 4.78 is 65.7. The Balaban J connectivity index is 2.98. The van der Waals surface area contributed by atoms with Crippen molar-refractivity contribution < 1.29 is 26.7 Å². The molecule has 0 atom stereocenters. The number of hydrazone groups is 1. The molecule has 4 nitrogen and oxygen atoms in total. The molecule has 0 aliphatic rings. The molecule has 3 N–H and O–H groups in total. The van der Waals surface area contributed by atoms with Crippen LogP contribution < -0.4 is 15.9 Å². The molecule has 0 unspecified atom stereocenters. The number of benzene rings is 1. The van der Waals surface area contributed by atoms with E-state index in [1.54, 1.807) is 0 Å². The minimum atomic E-state index is -5.04. The predicted octanol–water partition coefficient (Wildman–Crippen LogP) is 2.03. The second kappa shape index (κ2) is 5.78. The fraction of sp³-hybridized carbons (Fsp3) is 0.111. The third-order valence-electron chi connectivity index (χ3n) is 1.65. The highest BCUT2D eigenvalue weighted by Gasteiger charge is 2.31. The van der Waals surface area contributed by atoms with Crippen LogP contribution in [0.15, 0.2) is 17.2 Å². The Morgan fingerprint density at radius 3 is 2.26 bits per heavy atom. The molecule has 1 aromatic carbocycles. The molecular formula is C9H6F5N3OS. The van der Waals surface area contributed by atoms with E-state index in [2.05, 4.69) is 22.1 Å². The maximum atomic E-state index is 13.3. The van der Waals surface area contributed by atoms with Crippen molar-refractivity contribution in [3.63, 3.8) is 0 Å².